The Kier molecular flexibility index (Phi) is 6.23. The number of nitrogens with zero attached hydrogens (tertiary/aromatic N) is 1. The molecule has 3 N–H and O–H groups in total. The molecule has 184 valence electrons. The van der Waals surface area contributed by atoms with Crippen LogP contribution in [0.3, 0.4) is 0 Å². The van der Waals surface area contributed by atoms with Gasteiger partial charge in [0, 0.05) is 18.4 Å². The quantitative estimate of drug-likeness (QED) is 0.588. The molecule has 1 aliphatic heterocycles. The SMILES string of the molecule is O=C(NCC1CCCC(C(=O)N2CC(O)(C(=O)O)C2)C1)OCC1c2ccccc2-c2ccccc21. The van der Waals surface area contributed by atoms with E-state index in [2.05, 4.69) is 29.6 Å². The fourth-order valence-corrected chi connectivity index (χ4v) is 5.71. The number of nitrogens with one attached hydrogen (secondary N) is 1. The number of hydrogen-bond donors (Lipinski definition) is 3. The number of benzene rings is 2. The molecule has 0 spiro atoms. The van der Waals surface area contributed by atoms with Crippen molar-refractivity contribution in [2.24, 2.45) is 11.8 Å². The lowest BCUT2D eigenvalue weighted by atomic mass is 9.79. The van der Waals surface area contributed by atoms with Gasteiger partial charge in [-0.3, -0.25) is 4.79 Å². The average Bonchev–Trinajstić information content (AvgIpc) is 3.17. The second-order valence-corrected chi connectivity index (χ2v) is 9.97. The summed E-state index contributed by atoms with van der Waals surface area (Å²) in [5.74, 6) is -1.46. The number of β-amino-alcohol motifs (C(OH)–C–C–N with tert-alkyl or cyclic N) is 1. The number of rotatable bonds is 6. The number of alkyl carbamates (subject to hydrolysis) is 1. The van der Waals surface area contributed by atoms with Crippen LogP contribution in [0.15, 0.2) is 48.5 Å². The first-order valence-electron chi connectivity index (χ1n) is 12.2. The van der Waals surface area contributed by atoms with Crippen molar-refractivity contribution in [3.8, 4) is 11.1 Å². The maximum Gasteiger partial charge on any atom is 0.407 e. The van der Waals surface area contributed by atoms with Gasteiger partial charge in [-0.1, -0.05) is 55.0 Å². The molecule has 2 aromatic rings. The van der Waals surface area contributed by atoms with Crippen molar-refractivity contribution in [3.05, 3.63) is 59.7 Å². The number of hydrogen-bond acceptors (Lipinski definition) is 5. The van der Waals surface area contributed by atoms with Gasteiger partial charge in [-0.25, -0.2) is 9.59 Å². The van der Waals surface area contributed by atoms with Gasteiger partial charge in [0.15, 0.2) is 5.60 Å². The number of carbonyl (C=O) groups excluding carboxylic acids is 2. The molecule has 8 nitrogen and oxygen atoms in total. The number of carboxylic acids is 1. The number of likely N-dealkylation sites (tertiary alicyclic amines) is 1. The van der Waals surface area contributed by atoms with Crippen LogP contribution in [-0.4, -0.2) is 64.9 Å². The van der Waals surface area contributed by atoms with Crippen LogP contribution >= 0.6 is 0 Å². The van der Waals surface area contributed by atoms with E-state index in [9.17, 15) is 19.5 Å². The molecule has 2 amide bonds. The van der Waals surface area contributed by atoms with E-state index >= 15 is 0 Å². The molecule has 1 saturated heterocycles. The molecule has 0 radical (unpaired) electrons. The predicted molar refractivity (Wildman–Crippen MR) is 128 cm³/mol. The Hall–Kier alpha value is -3.39. The first-order chi connectivity index (χ1) is 16.9. The van der Waals surface area contributed by atoms with Gasteiger partial charge >= 0.3 is 12.1 Å². The van der Waals surface area contributed by atoms with Gasteiger partial charge in [0.1, 0.15) is 6.61 Å². The Labute approximate surface area is 203 Å². The van der Waals surface area contributed by atoms with Crippen LogP contribution in [0.2, 0.25) is 0 Å². The topological polar surface area (TPSA) is 116 Å². The summed E-state index contributed by atoms with van der Waals surface area (Å²) in [7, 11) is 0. The van der Waals surface area contributed by atoms with Crippen LogP contribution < -0.4 is 5.32 Å². The van der Waals surface area contributed by atoms with E-state index in [0.29, 0.717) is 13.0 Å². The Bertz CT molecular complexity index is 1100. The summed E-state index contributed by atoms with van der Waals surface area (Å²) in [4.78, 5) is 37.7. The van der Waals surface area contributed by atoms with Crippen molar-refractivity contribution < 1.29 is 29.3 Å². The Morgan fingerprint density at radius 2 is 1.63 bits per heavy atom. The van der Waals surface area contributed by atoms with Crippen molar-refractivity contribution in [1.29, 1.82) is 0 Å². The zero-order valence-corrected chi connectivity index (χ0v) is 19.5. The van der Waals surface area contributed by atoms with Crippen molar-refractivity contribution in [2.45, 2.75) is 37.2 Å². The lowest BCUT2D eigenvalue weighted by molar-refractivity contribution is -0.184. The minimum Gasteiger partial charge on any atom is -0.479 e. The molecular weight excluding hydrogens is 448 g/mol. The minimum atomic E-state index is -1.82. The van der Waals surface area contributed by atoms with Gasteiger partial charge < -0.3 is 25.2 Å². The summed E-state index contributed by atoms with van der Waals surface area (Å²) in [6, 6.07) is 16.4. The Morgan fingerprint density at radius 3 is 2.26 bits per heavy atom. The monoisotopic (exact) mass is 478 g/mol. The standard InChI is InChI=1S/C27H30N2O6/c30-24(29-15-27(34,16-29)25(31)32)18-7-5-6-17(12-18)13-28-26(33)35-14-23-21-10-3-1-8-19(21)20-9-2-4-11-22(20)23/h1-4,8-11,17-18,23,34H,5-7,12-16H2,(H,28,33)(H,31,32). The number of aliphatic hydroxyl groups is 1. The maximum absolute atomic E-state index is 12.7. The number of carboxylic acid groups (broad SMARTS) is 1. The van der Waals surface area contributed by atoms with Crippen molar-refractivity contribution in [3.63, 3.8) is 0 Å². The lowest BCUT2D eigenvalue weighted by Crippen LogP contribution is -2.68. The molecule has 5 rings (SSSR count). The number of ether oxygens (including phenoxy) is 1. The van der Waals surface area contributed by atoms with E-state index in [4.69, 9.17) is 9.84 Å². The van der Waals surface area contributed by atoms with E-state index in [0.717, 1.165) is 30.4 Å². The van der Waals surface area contributed by atoms with E-state index in [1.165, 1.54) is 16.0 Å². The second-order valence-electron chi connectivity index (χ2n) is 9.97. The van der Waals surface area contributed by atoms with Crippen LogP contribution in [0.5, 0.6) is 0 Å². The molecule has 0 aromatic heterocycles. The number of amides is 2. The van der Waals surface area contributed by atoms with Gasteiger partial charge in [-0.15, -0.1) is 0 Å². The van der Waals surface area contributed by atoms with E-state index in [1.54, 1.807) is 0 Å². The van der Waals surface area contributed by atoms with Gasteiger partial charge in [0.25, 0.3) is 0 Å². The van der Waals surface area contributed by atoms with Gasteiger partial charge in [-0.2, -0.15) is 0 Å². The zero-order valence-electron chi connectivity index (χ0n) is 19.5. The number of fused-ring (bicyclic) bond motifs is 3. The number of aliphatic carboxylic acids is 1. The molecule has 35 heavy (non-hydrogen) atoms. The third-order valence-corrected chi connectivity index (χ3v) is 7.63. The summed E-state index contributed by atoms with van der Waals surface area (Å²) in [6.07, 6.45) is 2.68. The molecule has 1 saturated carbocycles. The molecule has 2 unspecified atom stereocenters. The minimum absolute atomic E-state index is 0.00538. The van der Waals surface area contributed by atoms with Gasteiger partial charge in [0.05, 0.1) is 13.1 Å². The molecule has 3 aliphatic rings. The molecule has 2 atom stereocenters. The number of carbonyl (C=O) groups is 3. The summed E-state index contributed by atoms with van der Waals surface area (Å²) in [6.45, 7) is 0.354. The summed E-state index contributed by atoms with van der Waals surface area (Å²) < 4.78 is 5.61. The van der Waals surface area contributed by atoms with Gasteiger partial charge in [-0.05, 0) is 47.4 Å². The van der Waals surface area contributed by atoms with Crippen molar-refractivity contribution in [2.75, 3.05) is 26.2 Å². The van der Waals surface area contributed by atoms with Crippen molar-refractivity contribution >= 4 is 18.0 Å². The predicted octanol–water partition coefficient (Wildman–Crippen LogP) is 2.99. The zero-order chi connectivity index (χ0) is 24.6. The first kappa shape index (κ1) is 23.4. The average molecular weight is 479 g/mol. The summed E-state index contributed by atoms with van der Waals surface area (Å²) >= 11 is 0. The van der Waals surface area contributed by atoms with Crippen LogP contribution in [0.25, 0.3) is 11.1 Å². The van der Waals surface area contributed by atoms with Crippen LogP contribution in [-0.2, 0) is 14.3 Å². The molecule has 0 bridgehead atoms. The van der Waals surface area contributed by atoms with Crippen LogP contribution in [0.4, 0.5) is 4.79 Å². The fourth-order valence-electron chi connectivity index (χ4n) is 5.71. The highest BCUT2D eigenvalue weighted by atomic mass is 16.5. The summed E-state index contributed by atoms with van der Waals surface area (Å²) in [5, 5.41) is 21.8. The first-order valence-corrected chi connectivity index (χ1v) is 12.2. The fraction of sp³-hybridized carbons (Fsp3) is 0.444. The van der Waals surface area contributed by atoms with Gasteiger partial charge in [0.2, 0.25) is 5.91 Å². The molecule has 1 heterocycles. The summed E-state index contributed by atoms with van der Waals surface area (Å²) in [5.41, 5.74) is 2.86. The molecular formula is C27H30N2O6. The highest BCUT2D eigenvalue weighted by Gasteiger charge is 2.51. The van der Waals surface area contributed by atoms with E-state index in [1.807, 2.05) is 24.3 Å². The van der Waals surface area contributed by atoms with E-state index < -0.39 is 17.7 Å². The van der Waals surface area contributed by atoms with E-state index in [-0.39, 0.29) is 43.4 Å². The molecule has 8 heteroatoms. The molecule has 2 aliphatic carbocycles. The smallest absolute Gasteiger partial charge is 0.407 e. The Morgan fingerprint density at radius 1 is 1.00 bits per heavy atom. The van der Waals surface area contributed by atoms with Crippen LogP contribution in [0, 0.1) is 11.8 Å². The third-order valence-electron chi connectivity index (χ3n) is 7.63. The molecule has 2 fully saturated rings. The highest BCUT2D eigenvalue weighted by molar-refractivity contribution is 5.86. The largest absolute Gasteiger partial charge is 0.479 e. The second kappa shape index (κ2) is 9.34. The maximum atomic E-state index is 12.7. The lowest BCUT2D eigenvalue weighted by Gasteiger charge is -2.45. The highest BCUT2D eigenvalue weighted by Crippen LogP contribution is 2.44. The van der Waals surface area contributed by atoms with Crippen LogP contribution in [0.1, 0.15) is 42.7 Å². The molecule has 2 aromatic carbocycles. The normalized spacial score (nSPS) is 22.5. The van der Waals surface area contributed by atoms with Crippen molar-refractivity contribution in [1.82, 2.24) is 10.2 Å². The third kappa shape index (κ3) is 4.50. The Balaban J connectivity index is 1.11.